The SMILES string of the molecule is CCCCCCP(CCCCCC)CCCS(=O)(=O)[O-].[Na+]. The molecule has 6 heteroatoms. The molecule has 0 N–H and O–H groups in total. The van der Waals surface area contributed by atoms with Gasteiger partial charge in [0.1, 0.15) is 0 Å². The minimum atomic E-state index is -4.02. The van der Waals surface area contributed by atoms with Crippen molar-refractivity contribution in [2.24, 2.45) is 0 Å². The third-order valence-corrected chi connectivity index (χ3v) is 7.16. The first-order valence-corrected chi connectivity index (χ1v) is 11.6. The Bertz CT molecular complexity index is 298. The minimum Gasteiger partial charge on any atom is -0.748 e. The van der Waals surface area contributed by atoms with Crippen LogP contribution in [-0.4, -0.2) is 37.2 Å². The normalized spacial score (nSPS) is 11.6. The molecule has 0 spiro atoms. The van der Waals surface area contributed by atoms with Crippen LogP contribution in [0.15, 0.2) is 0 Å². The van der Waals surface area contributed by atoms with E-state index in [0.717, 1.165) is 6.16 Å². The van der Waals surface area contributed by atoms with E-state index in [9.17, 15) is 13.0 Å². The Hall–Kier alpha value is 1.34. The van der Waals surface area contributed by atoms with Gasteiger partial charge in [0.05, 0.1) is 10.1 Å². The molecule has 0 radical (unpaired) electrons. The summed E-state index contributed by atoms with van der Waals surface area (Å²) in [6, 6.07) is 0. The Balaban J connectivity index is 0. The van der Waals surface area contributed by atoms with Crippen LogP contribution in [0, 0.1) is 0 Å². The van der Waals surface area contributed by atoms with Gasteiger partial charge in [0.2, 0.25) is 0 Å². The van der Waals surface area contributed by atoms with Gasteiger partial charge in [0.15, 0.2) is 0 Å². The van der Waals surface area contributed by atoms with Crippen LogP contribution in [0.1, 0.15) is 71.6 Å². The second kappa shape index (κ2) is 16.2. The van der Waals surface area contributed by atoms with E-state index in [0.29, 0.717) is 6.42 Å². The van der Waals surface area contributed by atoms with Crippen LogP contribution in [0.4, 0.5) is 0 Å². The molecule has 0 aromatic heterocycles. The van der Waals surface area contributed by atoms with Crippen molar-refractivity contribution in [3.63, 3.8) is 0 Å². The van der Waals surface area contributed by atoms with Crippen LogP contribution in [0.5, 0.6) is 0 Å². The zero-order chi connectivity index (χ0) is 15.3. The van der Waals surface area contributed by atoms with Crippen molar-refractivity contribution in [1.29, 1.82) is 0 Å². The van der Waals surface area contributed by atoms with Crippen LogP contribution >= 0.6 is 7.92 Å². The first-order valence-electron chi connectivity index (χ1n) is 8.15. The van der Waals surface area contributed by atoms with Crippen molar-refractivity contribution >= 4 is 18.0 Å². The maximum absolute atomic E-state index is 10.7. The Kier molecular flexibility index (Phi) is 19.0. The molecule has 0 atom stereocenters. The van der Waals surface area contributed by atoms with E-state index in [-0.39, 0.29) is 43.2 Å². The van der Waals surface area contributed by atoms with Crippen molar-refractivity contribution in [1.82, 2.24) is 0 Å². The van der Waals surface area contributed by atoms with E-state index >= 15 is 0 Å². The molecule has 122 valence electrons. The fraction of sp³-hybridized carbons (Fsp3) is 1.00. The second-order valence-corrected chi connectivity index (χ2v) is 9.79. The summed E-state index contributed by atoms with van der Waals surface area (Å²) in [5, 5.41) is 0. The zero-order valence-electron chi connectivity index (χ0n) is 14.3. The van der Waals surface area contributed by atoms with Crippen molar-refractivity contribution in [2.45, 2.75) is 71.6 Å². The Morgan fingerprint density at radius 2 is 1.19 bits per heavy atom. The van der Waals surface area contributed by atoms with Crippen LogP contribution in [-0.2, 0) is 10.1 Å². The molecule has 0 fully saturated rings. The molecular weight excluding hydrogens is 314 g/mol. The number of unbranched alkanes of at least 4 members (excludes halogenated alkanes) is 6. The van der Waals surface area contributed by atoms with Gasteiger partial charge in [-0.2, -0.15) is 0 Å². The van der Waals surface area contributed by atoms with E-state index in [2.05, 4.69) is 13.8 Å². The second-order valence-electron chi connectivity index (χ2n) is 5.58. The largest absolute Gasteiger partial charge is 1.00 e. The molecule has 0 saturated carbocycles. The summed E-state index contributed by atoms with van der Waals surface area (Å²) in [7, 11) is -4.07. The van der Waals surface area contributed by atoms with Gasteiger partial charge in [-0.25, -0.2) is 8.42 Å². The van der Waals surface area contributed by atoms with Gasteiger partial charge in [-0.05, 0) is 37.7 Å². The number of hydrogen-bond donors (Lipinski definition) is 0. The first-order chi connectivity index (χ1) is 9.49. The Morgan fingerprint density at radius 3 is 1.57 bits per heavy atom. The predicted molar refractivity (Wildman–Crippen MR) is 89.0 cm³/mol. The average molecular weight is 346 g/mol. The maximum atomic E-state index is 10.7. The minimum absolute atomic E-state index is 0. The average Bonchev–Trinajstić information content (AvgIpc) is 2.37. The van der Waals surface area contributed by atoms with Crippen LogP contribution < -0.4 is 29.6 Å². The Labute approximate surface area is 155 Å². The summed E-state index contributed by atoms with van der Waals surface area (Å²) in [6.07, 6.45) is 14.3. The topological polar surface area (TPSA) is 57.2 Å². The number of hydrogen-bond acceptors (Lipinski definition) is 3. The van der Waals surface area contributed by atoms with Gasteiger partial charge in [-0.15, -0.1) is 7.92 Å². The third-order valence-electron chi connectivity index (χ3n) is 3.52. The zero-order valence-corrected chi connectivity index (χ0v) is 18.0. The summed E-state index contributed by atoms with van der Waals surface area (Å²) in [5.41, 5.74) is 0. The van der Waals surface area contributed by atoms with Crippen LogP contribution in [0.25, 0.3) is 0 Å². The fourth-order valence-electron chi connectivity index (χ4n) is 2.32. The van der Waals surface area contributed by atoms with Crippen molar-refractivity contribution < 1.29 is 42.5 Å². The van der Waals surface area contributed by atoms with Crippen LogP contribution in [0.2, 0.25) is 0 Å². The summed E-state index contributed by atoms with van der Waals surface area (Å²) < 4.78 is 32.0. The molecule has 0 rings (SSSR count). The maximum Gasteiger partial charge on any atom is 1.00 e. The molecule has 0 amide bonds. The van der Waals surface area contributed by atoms with Crippen molar-refractivity contribution in [3.8, 4) is 0 Å². The smallest absolute Gasteiger partial charge is 0.748 e. The summed E-state index contributed by atoms with van der Waals surface area (Å²) in [4.78, 5) is 0. The van der Waals surface area contributed by atoms with Crippen LogP contribution in [0.3, 0.4) is 0 Å². The first kappa shape index (κ1) is 24.6. The summed E-state index contributed by atoms with van der Waals surface area (Å²) >= 11 is 0. The predicted octanol–water partition coefficient (Wildman–Crippen LogP) is 1.57. The summed E-state index contributed by atoms with van der Waals surface area (Å²) in [5.74, 6) is -0.171. The molecule has 0 aliphatic rings. The van der Waals surface area contributed by atoms with E-state index in [1.54, 1.807) is 0 Å². The monoisotopic (exact) mass is 346 g/mol. The van der Waals surface area contributed by atoms with Gasteiger partial charge >= 0.3 is 29.6 Å². The van der Waals surface area contributed by atoms with Gasteiger partial charge in [-0.3, -0.25) is 0 Å². The third kappa shape index (κ3) is 19.3. The van der Waals surface area contributed by atoms with E-state index in [4.69, 9.17) is 0 Å². The molecule has 21 heavy (non-hydrogen) atoms. The van der Waals surface area contributed by atoms with E-state index in [1.165, 1.54) is 63.7 Å². The molecule has 0 aliphatic carbocycles. The van der Waals surface area contributed by atoms with Gasteiger partial charge in [-0.1, -0.05) is 52.4 Å². The van der Waals surface area contributed by atoms with Gasteiger partial charge in [0, 0.05) is 5.75 Å². The van der Waals surface area contributed by atoms with Crippen molar-refractivity contribution in [3.05, 3.63) is 0 Å². The molecule has 0 aliphatic heterocycles. The molecule has 0 heterocycles. The quantitative estimate of drug-likeness (QED) is 0.208. The molecule has 0 aromatic rings. The molecule has 0 unspecified atom stereocenters. The molecular formula is C15H32NaO3PS. The van der Waals surface area contributed by atoms with E-state index in [1.807, 2.05) is 0 Å². The fourth-order valence-corrected chi connectivity index (χ4v) is 5.65. The molecule has 0 bridgehead atoms. The number of rotatable bonds is 14. The standard InChI is InChI=1S/C15H33O3PS.Na/c1-3-5-7-9-12-19(13-10-8-6-4-2)14-11-15-20(16,17)18;/h3-15H2,1-2H3,(H,16,17,18);/q;+1/p-1. The molecule has 0 aromatic carbocycles. The molecule has 0 saturated heterocycles. The van der Waals surface area contributed by atoms with E-state index < -0.39 is 10.1 Å². The van der Waals surface area contributed by atoms with Crippen molar-refractivity contribution in [2.75, 3.05) is 24.2 Å². The van der Waals surface area contributed by atoms with Gasteiger partial charge < -0.3 is 4.55 Å². The molecule has 3 nitrogen and oxygen atoms in total. The Morgan fingerprint density at radius 1 is 0.762 bits per heavy atom. The summed E-state index contributed by atoms with van der Waals surface area (Å²) in [6.45, 7) is 4.43. The van der Waals surface area contributed by atoms with Gasteiger partial charge in [0.25, 0.3) is 0 Å².